The van der Waals surface area contributed by atoms with Crippen LogP contribution in [0.15, 0.2) is 76.0 Å². The fourth-order valence-electron chi connectivity index (χ4n) is 4.71. The van der Waals surface area contributed by atoms with E-state index < -0.39 is 11.8 Å². The lowest BCUT2D eigenvalue weighted by atomic mass is 10.1. The number of hydrogen-bond acceptors (Lipinski definition) is 9. The summed E-state index contributed by atoms with van der Waals surface area (Å²) in [5.41, 5.74) is 6.80. The van der Waals surface area contributed by atoms with Crippen LogP contribution in [0.4, 0.5) is 23.0 Å². The number of hydrogen-bond donors (Lipinski definition) is 4. The first-order valence-corrected chi connectivity index (χ1v) is 13.6. The molecule has 39 heavy (non-hydrogen) atoms. The van der Waals surface area contributed by atoms with Crippen molar-refractivity contribution in [1.82, 2.24) is 15.3 Å². The van der Waals surface area contributed by atoms with Crippen LogP contribution in [-0.4, -0.2) is 58.6 Å². The van der Waals surface area contributed by atoms with E-state index in [1.165, 1.54) is 16.7 Å². The van der Waals surface area contributed by atoms with Crippen LogP contribution in [-0.2, 0) is 9.59 Å². The highest BCUT2D eigenvalue weighted by molar-refractivity contribution is 7.99. The summed E-state index contributed by atoms with van der Waals surface area (Å²) in [5.74, 6) is -0.658. The van der Waals surface area contributed by atoms with E-state index in [9.17, 15) is 14.7 Å². The Kier molecular flexibility index (Phi) is 7.65. The summed E-state index contributed by atoms with van der Waals surface area (Å²) in [6.45, 7) is 5.76. The summed E-state index contributed by atoms with van der Waals surface area (Å²) in [4.78, 5) is 39.1. The molecule has 2 aliphatic rings. The zero-order valence-electron chi connectivity index (χ0n) is 21.4. The van der Waals surface area contributed by atoms with Gasteiger partial charge in [0, 0.05) is 35.8 Å². The molecule has 2 amide bonds. The van der Waals surface area contributed by atoms with Gasteiger partial charge < -0.3 is 31.3 Å². The molecule has 3 heterocycles. The molecule has 5 rings (SSSR count). The number of piperazine rings is 1. The summed E-state index contributed by atoms with van der Waals surface area (Å²) in [5, 5.41) is 17.3. The first-order chi connectivity index (χ1) is 18.7. The Morgan fingerprint density at radius 2 is 1.87 bits per heavy atom. The Labute approximate surface area is 235 Å². The van der Waals surface area contributed by atoms with Crippen LogP contribution in [0.1, 0.15) is 13.8 Å². The lowest BCUT2D eigenvalue weighted by Gasteiger charge is -2.36. The van der Waals surface area contributed by atoms with Crippen molar-refractivity contribution in [2.75, 3.05) is 40.5 Å². The van der Waals surface area contributed by atoms with Gasteiger partial charge in [-0.3, -0.25) is 9.59 Å². The Morgan fingerprint density at radius 3 is 2.56 bits per heavy atom. The second kappa shape index (κ2) is 11.1. The number of nitrogen functional groups attached to an aromatic ring is 1. The Balaban J connectivity index is 1.30. The maximum Gasteiger partial charge on any atom is 0.267 e. The van der Waals surface area contributed by atoms with Crippen LogP contribution >= 0.6 is 23.4 Å². The minimum atomic E-state index is -0.747. The third-order valence-corrected chi connectivity index (χ3v) is 7.99. The van der Waals surface area contributed by atoms with Crippen LogP contribution in [0.25, 0.3) is 0 Å². The van der Waals surface area contributed by atoms with Gasteiger partial charge in [0.25, 0.3) is 11.8 Å². The molecule has 1 saturated heterocycles. The number of amides is 2. The van der Waals surface area contributed by atoms with Gasteiger partial charge in [0.1, 0.15) is 22.2 Å². The average Bonchev–Trinajstić information content (AvgIpc) is 3.21. The molecule has 1 fully saturated rings. The standard InChI is InChI=1S/C27H28ClN7O3S/c1-15-12-34(13-16(2)31-15)21-11-30-26(24(29)33-21)39-20-10-6-9-18(23(20)28)32-25(37)22-19(36)14-35(27(22)38)17-7-4-3-5-8-17/h3-11,15-16,31,36H,12-14H2,1-2H3,(H2,29,33)(H,32,37). The molecule has 0 spiro atoms. The van der Waals surface area contributed by atoms with E-state index in [4.69, 9.17) is 17.3 Å². The van der Waals surface area contributed by atoms with Crippen molar-refractivity contribution in [1.29, 1.82) is 0 Å². The molecule has 10 nitrogen and oxygen atoms in total. The normalized spacial score (nSPS) is 19.5. The van der Waals surface area contributed by atoms with E-state index in [-0.39, 0.29) is 34.4 Å². The predicted octanol–water partition coefficient (Wildman–Crippen LogP) is 3.85. The van der Waals surface area contributed by atoms with Crippen molar-refractivity contribution in [3.8, 4) is 0 Å². The second-order valence-electron chi connectivity index (χ2n) is 9.51. The summed E-state index contributed by atoms with van der Waals surface area (Å²) in [7, 11) is 0. The highest BCUT2D eigenvalue weighted by atomic mass is 35.5. The summed E-state index contributed by atoms with van der Waals surface area (Å²) in [6, 6.07) is 14.6. The summed E-state index contributed by atoms with van der Waals surface area (Å²) in [6.07, 6.45) is 1.70. The molecule has 2 aliphatic heterocycles. The molecule has 2 aromatic carbocycles. The quantitative estimate of drug-likeness (QED) is 0.328. The molecular formula is C27H28ClN7O3S. The molecule has 1 aromatic heterocycles. The van der Waals surface area contributed by atoms with Crippen molar-refractivity contribution < 1.29 is 14.7 Å². The molecule has 0 bridgehead atoms. The molecule has 0 saturated carbocycles. The van der Waals surface area contributed by atoms with E-state index in [1.807, 2.05) is 6.07 Å². The Morgan fingerprint density at radius 1 is 1.15 bits per heavy atom. The van der Waals surface area contributed by atoms with Gasteiger partial charge in [-0.15, -0.1) is 0 Å². The van der Waals surface area contributed by atoms with Gasteiger partial charge in [-0.25, -0.2) is 9.97 Å². The largest absolute Gasteiger partial charge is 0.509 e. The minimum Gasteiger partial charge on any atom is -0.509 e. The zero-order valence-corrected chi connectivity index (χ0v) is 23.0. The summed E-state index contributed by atoms with van der Waals surface area (Å²) < 4.78 is 0. The monoisotopic (exact) mass is 565 g/mol. The molecule has 0 radical (unpaired) electrons. The van der Waals surface area contributed by atoms with Crippen molar-refractivity contribution in [3.63, 3.8) is 0 Å². The number of nitrogens with zero attached hydrogens (tertiary/aromatic N) is 4. The fourth-order valence-corrected chi connectivity index (χ4v) is 5.81. The third-order valence-electron chi connectivity index (χ3n) is 6.40. The number of halogens is 1. The molecule has 5 N–H and O–H groups in total. The Bertz CT molecular complexity index is 1440. The highest BCUT2D eigenvalue weighted by Crippen LogP contribution is 2.39. The van der Waals surface area contributed by atoms with Gasteiger partial charge in [0.2, 0.25) is 0 Å². The average molecular weight is 566 g/mol. The predicted molar refractivity (Wildman–Crippen MR) is 153 cm³/mol. The fraction of sp³-hybridized carbons (Fsp3) is 0.259. The van der Waals surface area contributed by atoms with Crippen LogP contribution in [0.5, 0.6) is 0 Å². The van der Waals surface area contributed by atoms with Gasteiger partial charge in [0.05, 0.1) is 23.5 Å². The van der Waals surface area contributed by atoms with Gasteiger partial charge in [-0.1, -0.05) is 47.6 Å². The topological polar surface area (TPSA) is 137 Å². The first-order valence-electron chi connectivity index (χ1n) is 12.4. The van der Waals surface area contributed by atoms with Gasteiger partial charge in [-0.05, 0) is 38.1 Å². The second-order valence-corrected chi connectivity index (χ2v) is 10.9. The molecule has 2 unspecified atom stereocenters. The number of carbonyl (C=O) groups excluding carboxylic acids is 2. The lowest BCUT2D eigenvalue weighted by Crippen LogP contribution is -2.54. The smallest absolute Gasteiger partial charge is 0.267 e. The van der Waals surface area contributed by atoms with Gasteiger partial charge >= 0.3 is 0 Å². The van der Waals surface area contributed by atoms with Crippen molar-refractivity contribution in [3.05, 3.63) is 71.1 Å². The number of rotatable bonds is 6. The van der Waals surface area contributed by atoms with Crippen molar-refractivity contribution >= 4 is 58.2 Å². The molecule has 2 atom stereocenters. The van der Waals surface area contributed by atoms with Crippen LogP contribution in [0, 0.1) is 0 Å². The van der Waals surface area contributed by atoms with E-state index in [0.29, 0.717) is 33.5 Å². The Hall–Kier alpha value is -3.80. The number of nitrogens with one attached hydrogen (secondary N) is 2. The number of aromatic nitrogens is 2. The highest BCUT2D eigenvalue weighted by Gasteiger charge is 2.36. The molecule has 3 aromatic rings. The number of aliphatic hydroxyl groups excluding tert-OH is 1. The zero-order chi connectivity index (χ0) is 27.7. The molecule has 0 aliphatic carbocycles. The third kappa shape index (κ3) is 5.65. The number of nitrogens with two attached hydrogens (primary N) is 1. The number of benzene rings is 2. The summed E-state index contributed by atoms with van der Waals surface area (Å²) >= 11 is 7.85. The lowest BCUT2D eigenvalue weighted by molar-refractivity contribution is -0.119. The number of aliphatic hydroxyl groups is 1. The maximum atomic E-state index is 13.0. The van der Waals surface area contributed by atoms with Crippen LogP contribution in [0.3, 0.4) is 0 Å². The number of anilines is 4. The van der Waals surface area contributed by atoms with E-state index in [2.05, 4.69) is 39.3 Å². The van der Waals surface area contributed by atoms with Crippen molar-refractivity contribution in [2.24, 2.45) is 0 Å². The van der Waals surface area contributed by atoms with E-state index >= 15 is 0 Å². The first kappa shape index (κ1) is 26.8. The number of carbonyl (C=O) groups is 2. The van der Waals surface area contributed by atoms with Crippen LogP contribution < -0.4 is 26.2 Å². The molecule has 12 heteroatoms. The van der Waals surface area contributed by atoms with Gasteiger partial charge in [0.15, 0.2) is 5.82 Å². The number of para-hydroxylation sites is 1. The van der Waals surface area contributed by atoms with E-state index in [0.717, 1.165) is 13.1 Å². The van der Waals surface area contributed by atoms with Crippen molar-refractivity contribution in [2.45, 2.75) is 35.9 Å². The van der Waals surface area contributed by atoms with E-state index in [1.54, 1.807) is 48.7 Å². The van der Waals surface area contributed by atoms with Gasteiger partial charge in [-0.2, -0.15) is 0 Å². The minimum absolute atomic E-state index is 0.0884. The maximum absolute atomic E-state index is 13.0. The van der Waals surface area contributed by atoms with Crippen LogP contribution in [0.2, 0.25) is 5.02 Å². The molecule has 202 valence electrons. The molecular weight excluding hydrogens is 538 g/mol. The SMILES string of the molecule is CC1CN(c2cnc(Sc3cccc(NC(=O)C4=C(O)CN(c5ccccc5)C4=O)c3Cl)c(N)n2)CC(C)N1.